The minimum absolute atomic E-state index is 0.0147. The number of carbonyl (C=O) groups is 5. The van der Waals surface area contributed by atoms with Gasteiger partial charge < -0.3 is 64.5 Å². The number of anilines is 5. The molecule has 0 atom stereocenters. The van der Waals surface area contributed by atoms with E-state index in [9.17, 15) is 19.2 Å². The average Bonchev–Trinajstić information content (AvgIpc) is 3.62. The van der Waals surface area contributed by atoms with Gasteiger partial charge in [-0.1, -0.05) is 129 Å². The van der Waals surface area contributed by atoms with Crippen LogP contribution in [-0.2, 0) is 0 Å². The molecule has 0 fully saturated rings. The van der Waals surface area contributed by atoms with Crippen molar-refractivity contribution in [2.75, 3.05) is 82.0 Å². The number of hydrogen-bond acceptors (Lipinski definition) is 13. The standard InChI is InChI=1S/C64H83N5O13/c1-9-12-15-18-21-24-33-80-42-36-47-57(77-6)53(40-42)68-64(74)49-38-44(82-35-26-23-20-17-14-11-3)41-54(59(49)79-8)69-63(73)48-37-43(81-34-25-22-19-16-13-10-2)39-52(58(48)78-7)67-61(71)46-30-28-31-50(56(46)76-5)65-60(70)45-29-27-32-51(55(45)75-4)66-62(47)72/h27-32,36-41H,9-26,33-35H2,1-8H3,(H,65,70)(H,66,72)(H,67,71)(H,68,74)(H,69,73). The van der Waals surface area contributed by atoms with Crippen LogP contribution in [0.25, 0.3) is 0 Å². The van der Waals surface area contributed by atoms with Gasteiger partial charge in [0.25, 0.3) is 29.5 Å². The maximum atomic E-state index is 15.0. The van der Waals surface area contributed by atoms with Gasteiger partial charge in [-0.15, -0.1) is 0 Å². The van der Waals surface area contributed by atoms with E-state index < -0.39 is 29.5 Å². The van der Waals surface area contributed by atoms with E-state index in [1.165, 1.54) is 65.9 Å². The summed E-state index contributed by atoms with van der Waals surface area (Å²) in [6.07, 6.45) is 18.3. The Labute approximate surface area is 483 Å². The zero-order valence-corrected chi connectivity index (χ0v) is 49.1. The molecule has 0 aliphatic carbocycles. The van der Waals surface area contributed by atoms with Gasteiger partial charge >= 0.3 is 0 Å². The van der Waals surface area contributed by atoms with Crippen molar-refractivity contribution in [2.45, 2.75) is 136 Å². The van der Waals surface area contributed by atoms with Crippen molar-refractivity contribution < 1.29 is 61.9 Å². The molecule has 0 radical (unpaired) electrons. The lowest BCUT2D eigenvalue weighted by Crippen LogP contribution is -2.20. The third kappa shape index (κ3) is 17.2. The number of fused-ring (bicyclic) bond motifs is 10. The molecule has 10 bridgehead atoms. The summed E-state index contributed by atoms with van der Waals surface area (Å²) in [5.41, 5.74) is 0.425. The molecule has 0 unspecified atom stereocenters. The number of rotatable bonds is 29. The number of methoxy groups -OCH3 is 5. The number of benzene rings is 5. The van der Waals surface area contributed by atoms with Crippen molar-refractivity contribution in [1.29, 1.82) is 0 Å². The Kier molecular flexibility index (Phi) is 25.3. The summed E-state index contributed by atoms with van der Waals surface area (Å²) >= 11 is 0. The summed E-state index contributed by atoms with van der Waals surface area (Å²) < 4.78 is 48.4. The summed E-state index contributed by atoms with van der Waals surface area (Å²) in [4.78, 5) is 73.6. The topological polar surface area (TPSA) is 219 Å². The number of nitrogens with one attached hydrogen (secondary N) is 5. The summed E-state index contributed by atoms with van der Waals surface area (Å²) in [6.45, 7) is 7.46. The molecule has 6 rings (SSSR count). The van der Waals surface area contributed by atoms with E-state index in [2.05, 4.69) is 47.4 Å². The van der Waals surface area contributed by atoms with Crippen LogP contribution in [0.5, 0.6) is 46.0 Å². The van der Waals surface area contributed by atoms with Gasteiger partial charge in [0.2, 0.25) is 0 Å². The molecular formula is C64H83N5O13. The molecule has 0 saturated carbocycles. The fraction of sp³-hybridized carbons (Fsp3) is 0.453. The molecule has 5 aromatic rings. The number of unbranched alkanes of at least 4 members (excludes halogenated alkanes) is 15. The van der Waals surface area contributed by atoms with Crippen LogP contribution in [0.3, 0.4) is 0 Å². The summed E-state index contributed by atoms with van der Waals surface area (Å²) in [5, 5.41) is 14.5. The Hall–Kier alpha value is -8.15. The fourth-order valence-corrected chi connectivity index (χ4v) is 9.74. The highest BCUT2D eigenvalue weighted by molar-refractivity contribution is 6.16. The summed E-state index contributed by atoms with van der Waals surface area (Å²) in [7, 11) is 6.83. The van der Waals surface area contributed by atoms with Crippen LogP contribution < -0.4 is 64.5 Å². The van der Waals surface area contributed by atoms with Crippen LogP contribution in [-0.4, -0.2) is 84.9 Å². The first-order chi connectivity index (χ1) is 39.9. The van der Waals surface area contributed by atoms with E-state index in [-0.39, 0.29) is 102 Å². The van der Waals surface area contributed by atoms with Gasteiger partial charge in [-0.05, 0) is 61.7 Å². The van der Waals surface area contributed by atoms with E-state index in [4.69, 9.17) is 37.9 Å². The van der Waals surface area contributed by atoms with Crippen molar-refractivity contribution in [3.8, 4) is 46.0 Å². The van der Waals surface area contributed by atoms with Gasteiger partial charge in [-0.25, -0.2) is 0 Å². The molecule has 1 aliphatic rings. The second-order valence-corrected chi connectivity index (χ2v) is 20.0. The fourth-order valence-electron chi connectivity index (χ4n) is 9.74. The predicted octanol–water partition coefficient (Wildman–Crippen LogP) is 14.5. The van der Waals surface area contributed by atoms with Gasteiger partial charge in [-0.2, -0.15) is 0 Å². The molecule has 18 nitrogen and oxygen atoms in total. The van der Waals surface area contributed by atoms with Crippen molar-refractivity contribution in [3.63, 3.8) is 0 Å². The molecule has 0 spiro atoms. The first-order valence-corrected chi connectivity index (χ1v) is 28.9. The number of amides is 5. The van der Waals surface area contributed by atoms with Gasteiger partial charge in [0, 0.05) is 18.2 Å². The van der Waals surface area contributed by atoms with Crippen molar-refractivity contribution in [1.82, 2.24) is 0 Å². The Bertz CT molecular complexity index is 2940. The molecular weight excluding hydrogens is 1050 g/mol. The molecule has 442 valence electrons. The van der Waals surface area contributed by atoms with Crippen molar-refractivity contribution in [3.05, 3.63) is 101 Å². The Morgan fingerprint density at radius 2 is 0.537 bits per heavy atom. The zero-order chi connectivity index (χ0) is 58.8. The van der Waals surface area contributed by atoms with E-state index >= 15 is 4.79 Å². The quantitative estimate of drug-likeness (QED) is 0.0282. The average molecular weight is 1130 g/mol. The number of carbonyl (C=O) groups excluding carboxylic acids is 5. The van der Waals surface area contributed by atoms with Gasteiger partial charge in [0.1, 0.15) is 17.2 Å². The first kappa shape index (κ1) is 63.0. The van der Waals surface area contributed by atoms with Crippen molar-refractivity contribution in [2.24, 2.45) is 0 Å². The number of para-hydroxylation sites is 2. The van der Waals surface area contributed by atoms with Crippen LogP contribution in [0.4, 0.5) is 28.4 Å². The van der Waals surface area contributed by atoms with E-state index in [0.29, 0.717) is 19.8 Å². The molecule has 18 heteroatoms. The van der Waals surface area contributed by atoms with Crippen molar-refractivity contribution >= 4 is 58.0 Å². The molecule has 0 aromatic heterocycles. The first-order valence-electron chi connectivity index (χ1n) is 28.9. The second-order valence-electron chi connectivity index (χ2n) is 20.0. The molecule has 1 aliphatic heterocycles. The second kappa shape index (κ2) is 32.9. The van der Waals surface area contributed by atoms with Gasteiger partial charge in [0.15, 0.2) is 28.7 Å². The highest BCUT2D eigenvalue weighted by Gasteiger charge is 2.29. The maximum absolute atomic E-state index is 15.0. The van der Waals surface area contributed by atoms with Crippen LogP contribution in [0.15, 0.2) is 72.8 Å². The van der Waals surface area contributed by atoms with E-state index in [1.807, 2.05) is 0 Å². The molecule has 5 amide bonds. The summed E-state index contributed by atoms with van der Waals surface area (Å²) in [5.74, 6) is -2.71. The lowest BCUT2D eigenvalue weighted by Gasteiger charge is -2.20. The Morgan fingerprint density at radius 1 is 0.293 bits per heavy atom. The third-order valence-electron chi connectivity index (χ3n) is 14.0. The molecule has 1 heterocycles. The van der Waals surface area contributed by atoms with Crippen LogP contribution >= 0.6 is 0 Å². The molecule has 5 aromatic carbocycles. The number of ether oxygens (including phenoxy) is 8. The van der Waals surface area contributed by atoms with E-state index in [1.54, 1.807) is 42.5 Å². The predicted molar refractivity (Wildman–Crippen MR) is 321 cm³/mol. The third-order valence-corrected chi connectivity index (χ3v) is 14.0. The highest BCUT2D eigenvalue weighted by atomic mass is 16.5. The Balaban J connectivity index is 1.53. The lowest BCUT2D eigenvalue weighted by atomic mass is 10.1. The van der Waals surface area contributed by atoms with Crippen LogP contribution in [0.1, 0.15) is 188 Å². The normalized spacial score (nSPS) is 12.6. The minimum Gasteiger partial charge on any atom is -0.494 e. The molecule has 0 saturated heterocycles. The van der Waals surface area contributed by atoms with Crippen LogP contribution in [0.2, 0.25) is 0 Å². The maximum Gasteiger partial charge on any atom is 0.259 e. The summed E-state index contributed by atoms with van der Waals surface area (Å²) in [6, 6.07) is 18.6. The zero-order valence-electron chi connectivity index (χ0n) is 49.1. The lowest BCUT2D eigenvalue weighted by molar-refractivity contribution is 0.100. The number of hydrogen-bond donors (Lipinski definition) is 5. The Morgan fingerprint density at radius 3 is 0.817 bits per heavy atom. The largest absolute Gasteiger partial charge is 0.494 e. The monoisotopic (exact) mass is 1130 g/mol. The van der Waals surface area contributed by atoms with Gasteiger partial charge in [-0.3, -0.25) is 24.0 Å². The molecule has 5 N–H and O–H groups in total. The van der Waals surface area contributed by atoms with Gasteiger partial charge in [0.05, 0.1) is 112 Å². The van der Waals surface area contributed by atoms with E-state index in [0.717, 1.165) is 116 Å². The minimum atomic E-state index is -0.715. The SMILES string of the molecule is CCCCCCCCOc1cc2c(OC)c(c1)C(=O)Nc1cc(OCCCCCCCC)cc(c1OC)C(=O)Nc1cc(OCCCCCCCC)cc(c1OC)C(=O)Nc1cccc(c1OC)C(=O)Nc1cccc(c1OC)C(=O)N2. The van der Waals surface area contributed by atoms with Crippen LogP contribution in [0, 0.1) is 0 Å². The highest BCUT2D eigenvalue weighted by Crippen LogP contribution is 2.42. The molecule has 82 heavy (non-hydrogen) atoms. The smallest absolute Gasteiger partial charge is 0.259 e.